The number of aliphatic hydroxyl groups excluding tert-OH is 1. The number of benzene rings is 1. The van der Waals surface area contributed by atoms with Gasteiger partial charge < -0.3 is 10.4 Å². The molecule has 1 saturated carbocycles. The van der Waals surface area contributed by atoms with Crippen molar-refractivity contribution in [3.05, 3.63) is 54.0 Å². The lowest BCUT2D eigenvalue weighted by Gasteiger charge is -2.27. The Hall–Kier alpha value is -2.27. The molecule has 126 valence electrons. The third-order valence-electron chi connectivity index (χ3n) is 4.59. The summed E-state index contributed by atoms with van der Waals surface area (Å²) in [6.45, 7) is 0.228. The minimum absolute atomic E-state index is 0.138. The average molecular weight is 328 g/mol. The second-order valence-electron chi connectivity index (χ2n) is 6.32. The van der Waals surface area contributed by atoms with Crippen molar-refractivity contribution in [3.8, 4) is 11.3 Å². The molecule has 1 aromatic carbocycles. The highest BCUT2D eigenvalue weighted by atomic mass is 19.1. The van der Waals surface area contributed by atoms with Crippen molar-refractivity contribution in [2.24, 2.45) is 5.92 Å². The Kier molecular flexibility index (Phi) is 5.20. The van der Waals surface area contributed by atoms with Crippen molar-refractivity contribution < 1.29 is 14.3 Å². The number of carbonyl (C=O) groups excluding carboxylic acids is 1. The van der Waals surface area contributed by atoms with Gasteiger partial charge in [-0.2, -0.15) is 0 Å². The van der Waals surface area contributed by atoms with E-state index in [4.69, 9.17) is 5.11 Å². The highest BCUT2D eigenvalue weighted by molar-refractivity contribution is 5.94. The molecule has 3 rings (SSSR count). The summed E-state index contributed by atoms with van der Waals surface area (Å²) in [5.74, 6) is -0.0827. The number of hydrogen-bond donors (Lipinski definition) is 2. The van der Waals surface area contributed by atoms with E-state index < -0.39 is 0 Å². The fourth-order valence-electron chi connectivity index (χ4n) is 3.10. The minimum Gasteiger partial charge on any atom is -0.396 e. The quantitative estimate of drug-likeness (QED) is 0.906. The maximum absolute atomic E-state index is 13.3. The molecule has 2 N–H and O–H groups in total. The summed E-state index contributed by atoms with van der Waals surface area (Å²) >= 11 is 0. The molecule has 5 heteroatoms. The zero-order chi connectivity index (χ0) is 16.9. The summed E-state index contributed by atoms with van der Waals surface area (Å²) in [7, 11) is 0. The third-order valence-corrected chi connectivity index (χ3v) is 4.59. The molecule has 0 radical (unpaired) electrons. The van der Waals surface area contributed by atoms with Crippen LogP contribution in [0.3, 0.4) is 0 Å². The number of aliphatic hydroxyl groups is 1. The predicted octanol–water partition coefficient (Wildman–Crippen LogP) is 3.17. The average Bonchev–Trinajstić information content (AvgIpc) is 2.62. The number of nitrogens with zero attached hydrogens (tertiary/aromatic N) is 1. The van der Waals surface area contributed by atoms with Gasteiger partial charge in [0.25, 0.3) is 5.91 Å². The largest absolute Gasteiger partial charge is 0.396 e. The van der Waals surface area contributed by atoms with E-state index in [-0.39, 0.29) is 24.4 Å². The van der Waals surface area contributed by atoms with Crippen LogP contribution < -0.4 is 5.32 Å². The first-order chi connectivity index (χ1) is 11.7. The van der Waals surface area contributed by atoms with Crippen molar-refractivity contribution in [1.82, 2.24) is 10.3 Å². The van der Waals surface area contributed by atoms with E-state index in [9.17, 15) is 9.18 Å². The smallest absolute Gasteiger partial charge is 0.253 e. The number of rotatable bonds is 4. The van der Waals surface area contributed by atoms with Crippen LogP contribution in [0.25, 0.3) is 11.3 Å². The van der Waals surface area contributed by atoms with E-state index in [0.29, 0.717) is 22.7 Å². The van der Waals surface area contributed by atoms with Crippen LogP contribution in [0, 0.1) is 11.7 Å². The normalized spacial score (nSPS) is 20.6. The molecule has 0 atom stereocenters. The maximum Gasteiger partial charge on any atom is 0.253 e. The second-order valence-corrected chi connectivity index (χ2v) is 6.32. The van der Waals surface area contributed by atoms with Gasteiger partial charge in [-0.15, -0.1) is 0 Å². The monoisotopic (exact) mass is 328 g/mol. The summed E-state index contributed by atoms with van der Waals surface area (Å²) in [4.78, 5) is 16.6. The summed E-state index contributed by atoms with van der Waals surface area (Å²) in [6, 6.07) is 9.82. The van der Waals surface area contributed by atoms with Gasteiger partial charge in [0, 0.05) is 24.4 Å². The molecule has 1 aliphatic rings. The highest BCUT2D eigenvalue weighted by Crippen LogP contribution is 2.24. The molecule has 24 heavy (non-hydrogen) atoms. The summed E-state index contributed by atoms with van der Waals surface area (Å²) in [6.07, 6.45) is 5.20. The molecule has 2 aromatic rings. The van der Waals surface area contributed by atoms with Crippen LogP contribution in [0.4, 0.5) is 4.39 Å². The molecule has 1 aromatic heterocycles. The number of amides is 1. The summed E-state index contributed by atoms with van der Waals surface area (Å²) < 4.78 is 13.3. The summed E-state index contributed by atoms with van der Waals surface area (Å²) in [5, 5.41) is 12.2. The van der Waals surface area contributed by atoms with Crippen LogP contribution in [-0.2, 0) is 0 Å². The zero-order valence-corrected chi connectivity index (χ0v) is 13.4. The molecule has 0 saturated heterocycles. The predicted molar refractivity (Wildman–Crippen MR) is 89.9 cm³/mol. The number of pyridine rings is 1. The molecular formula is C19H21FN2O2. The van der Waals surface area contributed by atoms with Gasteiger partial charge in [0.05, 0.1) is 11.3 Å². The molecule has 0 aliphatic heterocycles. The van der Waals surface area contributed by atoms with Crippen molar-refractivity contribution in [3.63, 3.8) is 0 Å². The lowest BCUT2D eigenvalue weighted by atomic mass is 9.86. The van der Waals surface area contributed by atoms with E-state index in [2.05, 4.69) is 10.3 Å². The Morgan fingerprint density at radius 2 is 2.00 bits per heavy atom. The zero-order valence-electron chi connectivity index (χ0n) is 13.4. The van der Waals surface area contributed by atoms with Gasteiger partial charge in [-0.3, -0.25) is 9.78 Å². The fourth-order valence-corrected chi connectivity index (χ4v) is 3.10. The van der Waals surface area contributed by atoms with Crippen molar-refractivity contribution in [2.45, 2.75) is 31.7 Å². The molecule has 0 spiro atoms. The molecule has 4 nitrogen and oxygen atoms in total. The second kappa shape index (κ2) is 7.53. The van der Waals surface area contributed by atoms with Crippen LogP contribution in [-0.4, -0.2) is 28.6 Å². The topological polar surface area (TPSA) is 62.2 Å². The summed E-state index contributed by atoms with van der Waals surface area (Å²) in [5.41, 5.74) is 1.82. The Labute approximate surface area is 140 Å². The van der Waals surface area contributed by atoms with Crippen LogP contribution in [0.15, 0.2) is 42.6 Å². The number of halogens is 1. The van der Waals surface area contributed by atoms with E-state index in [0.717, 1.165) is 25.7 Å². The van der Waals surface area contributed by atoms with Crippen LogP contribution >= 0.6 is 0 Å². The molecular weight excluding hydrogens is 307 g/mol. The van der Waals surface area contributed by atoms with Crippen molar-refractivity contribution in [1.29, 1.82) is 0 Å². The standard InChI is InChI=1S/C19H21FN2O2/c20-16-3-1-2-14(10-16)18-9-6-15(11-21-18)19(24)22-17-7-4-13(12-23)5-8-17/h1-3,6,9-11,13,17,23H,4-5,7-8,12H2,(H,22,24)/t13-,17+. The van der Waals surface area contributed by atoms with Gasteiger partial charge in [-0.05, 0) is 55.9 Å². The van der Waals surface area contributed by atoms with Gasteiger partial charge in [0.2, 0.25) is 0 Å². The van der Waals surface area contributed by atoms with E-state index in [1.165, 1.54) is 18.3 Å². The SMILES string of the molecule is O=C(N[C@H]1CC[C@@H](CO)CC1)c1ccc(-c2cccc(F)c2)nc1. The Balaban J connectivity index is 1.62. The highest BCUT2D eigenvalue weighted by Gasteiger charge is 2.22. The first-order valence-corrected chi connectivity index (χ1v) is 8.29. The van der Waals surface area contributed by atoms with Crippen molar-refractivity contribution >= 4 is 5.91 Å². The molecule has 1 heterocycles. The Morgan fingerprint density at radius 3 is 2.62 bits per heavy atom. The number of hydrogen-bond acceptors (Lipinski definition) is 3. The third kappa shape index (κ3) is 3.97. The number of carbonyl (C=O) groups is 1. The molecule has 0 bridgehead atoms. The molecule has 1 fully saturated rings. The van der Waals surface area contributed by atoms with E-state index in [1.54, 1.807) is 24.3 Å². The van der Waals surface area contributed by atoms with Gasteiger partial charge in [0.15, 0.2) is 0 Å². The van der Waals surface area contributed by atoms with E-state index in [1.807, 2.05) is 0 Å². The Morgan fingerprint density at radius 1 is 1.21 bits per heavy atom. The van der Waals surface area contributed by atoms with Gasteiger partial charge in [0.1, 0.15) is 5.82 Å². The first kappa shape index (κ1) is 16.6. The minimum atomic E-state index is -0.311. The van der Waals surface area contributed by atoms with Crippen LogP contribution in [0.1, 0.15) is 36.0 Å². The first-order valence-electron chi connectivity index (χ1n) is 8.29. The number of aromatic nitrogens is 1. The number of nitrogens with one attached hydrogen (secondary N) is 1. The van der Waals surface area contributed by atoms with Gasteiger partial charge >= 0.3 is 0 Å². The molecule has 1 aliphatic carbocycles. The lowest BCUT2D eigenvalue weighted by molar-refractivity contribution is 0.0913. The fraction of sp³-hybridized carbons (Fsp3) is 0.368. The van der Waals surface area contributed by atoms with Crippen LogP contribution in [0.2, 0.25) is 0 Å². The molecule has 1 amide bonds. The van der Waals surface area contributed by atoms with Crippen molar-refractivity contribution in [2.75, 3.05) is 6.61 Å². The maximum atomic E-state index is 13.3. The van der Waals surface area contributed by atoms with Crippen LogP contribution in [0.5, 0.6) is 0 Å². The molecule has 0 unspecified atom stereocenters. The lowest BCUT2D eigenvalue weighted by Crippen LogP contribution is -2.38. The van der Waals surface area contributed by atoms with Gasteiger partial charge in [-0.25, -0.2) is 4.39 Å². The Bertz CT molecular complexity index is 695. The van der Waals surface area contributed by atoms with E-state index >= 15 is 0 Å². The van der Waals surface area contributed by atoms with Gasteiger partial charge in [-0.1, -0.05) is 12.1 Å².